The Hall–Kier alpha value is -1.57. The fraction of sp³-hybridized carbons (Fsp3) is 0.333. The first-order chi connectivity index (χ1) is 8.89. The van der Waals surface area contributed by atoms with Crippen LogP contribution >= 0.6 is 0 Å². The Labute approximate surface area is 110 Å². The summed E-state index contributed by atoms with van der Waals surface area (Å²) in [6, 6.07) is 6.82. The second kappa shape index (κ2) is 5.20. The van der Waals surface area contributed by atoms with Crippen LogP contribution in [0.15, 0.2) is 28.7 Å². The van der Waals surface area contributed by atoms with Crippen molar-refractivity contribution < 1.29 is 26.9 Å². The van der Waals surface area contributed by atoms with E-state index in [9.17, 15) is 13.5 Å². The maximum absolute atomic E-state index is 10.8. The van der Waals surface area contributed by atoms with E-state index >= 15 is 0 Å². The molecular weight excluding hydrogens is 272 g/mol. The minimum atomic E-state index is -3.59. The standard InChI is InChI=1S/C12H14O6S/c1-16-9-3-4-11-8(5-9)6-12(18-11)10(13)7-17-19(2,14)15/h3-6,10,13H,7H2,1-2H3/t10-/m1/s1. The molecule has 1 N–H and O–H groups in total. The summed E-state index contributed by atoms with van der Waals surface area (Å²) >= 11 is 0. The summed E-state index contributed by atoms with van der Waals surface area (Å²) in [5.41, 5.74) is 0.578. The van der Waals surface area contributed by atoms with Crippen LogP contribution in [0.2, 0.25) is 0 Å². The molecular formula is C12H14O6S. The predicted octanol–water partition coefficient (Wildman–Crippen LogP) is 1.45. The zero-order valence-corrected chi connectivity index (χ0v) is 11.3. The quantitative estimate of drug-likeness (QED) is 0.837. The van der Waals surface area contributed by atoms with Crippen molar-refractivity contribution in [2.75, 3.05) is 20.0 Å². The molecule has 1 atom stereocenters. The van der Waals surface area contributed by atoms with Gasteiger partial charge in [0.25, 0.3) is 10.1 Å². The molecule has 0 aliphatic heterocycles. The molecule has 0 saturated carbocycles. The largest absolute Gasteiger partial charge is 0.497 e. The lowest BCUT2D eigenvalue weighted by atomic mass is 10.2. The fourth-order valence-electron chi connectivity index (χ4n) is 1.60. The molecule has 1 aromatic carbocycles. The van der Waals surface area contributed by atoms with Crippen molar-refractivity contribution in [1.82, 2.24) is 0 Å². The van der Waals surface area contributed by atoms with Crippen molar-refractivity contribution in [2.24, 2.45) is 0 Å². The van der Waals surface area contributed by atoms with Crippen molar-refractivity contribution in [3.05, 3.63) is 30.0 Å². The third kappa shape index (κ3) is 3.46. The van der Waals surface area contributed by atoms with Gasteiger partial charge in [0, 0.05) is 5.39 Å². The highest BCUT2D eigenvalue weighted by molar-refractivity contribution is 7.85. The fourth-order valence-corrected chi connectivity index (χ4v) is 1.98. The number of rotatable bonds is 5. The topological polar surface area (TPSA) is 86.0 Å². The summed E-state index contributed by atoms with van der Waals surface area (Å²) in [4.78, 5) is 0. The number of hydrogen-bond acceptors (Lipinski definition) is 6. The predicted molar refractivity (Wildman–Crippen MR) is 68.5 cm³/mol. The summed E-state index contributed by atoms with van der Waals surface area (Å²) < 4.78 is 36.7. The lowest BCUT2D eigenvalue weighted by molar-refractivity contribution is 0.0937. The van der Waals surface area contributed by atoms with Crippen molar-refractivity contribution in [2.45, 2.75) is 6.10 Å². The Bertz CT molecular complexity index is 673. The van der Waals surface area contributed by atoms with Crippen LogP contribution in [0.25, 0.3) is 11.0 Å². The van der Waals surface area contributed by atoms with E-state index in [4.69, 9.17) is 9.15 Å². The molecule has 19 heavy (non-hydrogen) atoms. The zero-order chi connectivity index (χ0) is 14.0. The number of hydrogen-bond donors (Lipinski definition) is 1. The van der Waals surface area contributed by atoms with Gasteiger partial charge in [-0.05, 0) is 24.3 Å². The molecule has 0 saturated heterocycles. The molecule has 2 rings (SSSR count). The maximum atomic E-state index is 10.8. The molecule has 0 spiro atoms. The average Bonchev–Trinajstić information content (AvgIpc) is 2.77. The Morgan fingerprint density at radius 2 is 2.11 bits per heavy atom. The molecule has 0 aliphatic rings. The van der Waals surface area contributed by atoms with Crippen LogP contribution in [0.1, 0.15) is 11.9 Å². The molecule has 0 radical (unpaired) electrons. The summed E-state index contributed by atoms with van der Waals surface area (Å²) in [6.45, 7) is -0.379. The Kier molecular flexibility index (Phi) is 3.79. The van der Waals surface area contributed by atoms with Crippen LogP contribution in [0.3, 0.4) is 0 Å². The van der Waals surface area contributed by atoms with E-state index in [0.717, 1.165) is 11.6 Å². The van der Waals surface area contributed by atoms with Gasteiger partial charge in [0.15, 0.2) is 0 Å². The number of fused-ring (bicyclic) bond motifs is 1. The van der Waals surface area contributed by atoms with E-state index < -0.39 is 16.2 Å². The van der Waals surface area contributed by atoms with E-state index in [1.165, 1.54) is 0 Å². The summed E-state index contributed by atoms with van der Waals surface area (Å²) in [6.07, 6.45) is -0.225. The van der Waals surface area contributed by atoms with Gasteiger partial charge >= 0.3 is 0 Å². The van der Waals surface area contributed by atoms with Gasteiger partial charge in [0.05, 0.1) is 20.0 Å². The van der Waals surface area contributed by atoms with Gasteiger partial charge in [-0.15, -0.1) is 0 Å². The van der Waals surface area contributed by atoms with Crippen LogP contribution in [0, 0.1) is 0 Å². The molecule has 0 fully saturated rings. The first kappa shape index (κ1) is 13.9. The first-order valence-electron chi connectivity index (χ1n) is 5.49. The van der Waals surface area contributed by atoms with Crippen LogP contribution in [-0.4, -0.2) is 33.5 Å². The highest BCUT2D eigenvalue weighted by Gasteiger charge is 2.16. The van der Waals surface area contributed by atoms with E-state index in [2.05, 4.69) is 4.18 Å². The molecule has 1 heterocycles. The maximum Gasteiger partial charge on any atom is 0.264 e. The smallest absolute Gasteiger partial charge is 0.264 e. The third-order valence-electron chi connectivity index (χ3n) is 2.51. The molecule has 2 aromatic rings. The van der Waals surface area contributed by atoms with Gasteiger partial charge in [-0.25, -0.2) is 0 Å². The lowest BCUT2D eigenvalue weighted by Gasteiger charge is -2.06. The zero-order valence-electron chi connectivity index (χ0n) is 10.5. The van der Waals surface area contributed by atoms with Gasteiger partial charge in [0.1, 0.15) is 23.2 Å². The SMILES string of the molecule is COc1ccc2oc([C@H](O)COS(C)(=O)=O)cc2c1. The first-order valence-corrected chi connectivity index (χ1v) is 7.30. The van der Waals surface area contributed by atoms with E-state index in [1.807, 2.05) is 0 Å². The Morgan fingerprint density at radius 1 is 1.37 bits per heavy atom. The summed E-state index contributed by atoms with van der Waals surface area (Å²) in [5, 5.41) is 10.6. The number of furan rings is 1. The number of methoxy groups -OCH3 is 1. The average molecular weight is 286 g/mol. The molecule has 0 unspecified atom stereocenters. The van der Waals surface area contributed by atoms with Crippen molar-refractivity contribution in [3.63, 3.8) is 0 Å². The van der Waals surface area contributed by atoms with Gasteiger partial charge in [0.2, 0.25) is 0 Å². The molecule has 104 valence electrons. The third-order valence-corrected chi connectivity index (χ3v) is 3.08. The highest BCUT2D eigenvalue weighted by Crippen LogP contribution is 2.27. The molecule has 0 amide bonds. The van der Waals surface area contributed by atoms with Crippen molar-refractivity contribution >= 4 is 21.1 Å². The van der Waals surface area contributed by atoms with Crippen LogP contribution in [0.4, 0.5) is 0 Å². The number of ether oxygens (including phenoxy) is 1. The minimum absolute atomic E-state index is 0.243. The van der Waals surface area contributed by atoms with Crippen LogP contribution in [-0.2, 0) is 14.3 Å². The lowest BCUT2D eigenvalue weighted by Crippen LogP contribution is -2.11. The van der Waals surface area contributed by atoms with E-state index in [1.54, 1.807) is 31.4 Å². The summed E-state index contributed by atoms with van der Waals surface area (Å²) in [5.74, 6) is 0.911. The number of aliphatic hydroxyl groups is 1. The molecule has 6 nitrogen and oxygen atoms in total. The minimum Gasteiger partial charge on any atom is -0.497 e. The van der Waals surface area contributed by atoms with Crippen molar-refractivity contribution in [1.29, 1.82) is 0 Å². The molecule has 7 heteroatoms. The molecule has 0 aliphatic carbocycles. The van der Waals surface area contributed by atoms with Crippen LogP contribution < -0.4 is 4.74 Å². The van der Waals surface area contributed by atoms with Gasteiger partial charge < -0.3 is 14.3 Å². The second-order valence-corrected chi connectivity index (χ2v) is 5.70. The van der Waals surface area contributed by atoms with Gasteiger partial charge in [-0.1, -0.05) is 0 Å². The molecule has 1 aromatic heterocycles. The highest BCUT2D eigenvalue weighted by atomic mass is 32.2. The van der Waals surface area contributed by atoms with Gasteiger partial charge in [-0.3, -0.25) is 4.18 Å². The normalized spacial score (nSPS) is 13.6. The molecule has 0 bridgehead atoms. The number of aliphatic hydroxyl groups excluding tert-OH is 1. The Balaban J connectivity index is 2.20. The van der Waals surface area contributed by atoms with E-state index in [-0.39, 0.29) is 12.4 Å². The Morgan fingerprint density at radius 3 is 2.74 bits per heavy atom. The van der Waals surface area contributed by atoms with E-state index in [0.29, 0.717) is 11.3 Å². The van der Waals surface area contributed by atoms with Gasteiger partial charge in [-0.2, -0.15) is 8.42 Å². The monoisotopic (exact) mass is 286 g/mol. The number of benzene rings is 1. The van der Waals surface area contributed by atoms with Crippen molar-refractivity contribution in [3.8, 4) is 5.75 Å². The van der Waals surface area contributed by atoms with Crippen LogP contribution in [0.5, 0.6) is 5.75 Å². The summed E-state index contributed by atoms with van der Waals surface area (Å²) in [7, 11) is -2.04. The second-order valence-electron chi connectivity index (χ2n) is 4.06.